The van der Waals surface area contributed by atoms with Crippen molar-refractivity contribution < 1.29 is 4.74 Å². The van der Waals surface area contributed by atoms with Crippen LogP contribution >= 0.6 is 0 Å². The van der Waals surface area contributed by atoms with E-state index in [4.69, 9.17) is 10.5 Å². The van der Waals surface area contributed by atoms with Gasteiger partial charge in [0.25, 0.3) is 0 Å². The van der Waals surface area contributed by atoms with Gasteiger partial charge in [0.2, 0.25) is 0 Å². The Morgan fingerprint density at radius 2 is 2.15 bits per heavy atom. The van der Waals surface area contributed by atoms with Crippen LogP contribution in [0.5, 0.6) is 0 Å². The summed E-state index contributed by atoms with van der Waals surface area (Å²) in [6.45, 7) is 7.92. The van der Waals surface area contributed by atoms with Crippen LogP contribution in [0.2, 0.25) is 0 Å². The van der Waals surface area contributed by atoms with E-state index >= 15 is 0 Å². The smallest absolute Gasteiger partial charge is 0.0480 e. The second kappa shape index (κ2) is 6.35. The lowest BCUT2D eigenvalue weighted by molar-refractivity contribution is 0.156. The van der Waals surface area contributed by atoms with Crippen molar-refractivity contribution in [2.24, 2.45) is 5.73 Å². The molecule has 0 fully saturated rings. The molecular formula is C10H24N2O. The molecule has 0 aromatic carbocycles. The zero-order valence-corrected chi connectivity index (χ0v) is 9.39. The standard InChI is InChI=1S/C10H24N2O/c1-5-9(2)12-10(3,8-11)6-7-13-4/h9,12H,5-8,11H2,1-4H3. The van der Waals surface area contributed by atoms with Crippen LogP contribution in [0, 0.1) is 0 Å². The highest BCUT2D eigenvalue weighted by Gasteiger charge is 2.22. The van der Waals surface area contributed by atoms with Crippen LogP contribution in [0.25, 0.3) is 0 Å². The van der Waals surface area contributed by atoms with Crippen molar-refractivity contribution in [1.29, 1.82) is 0 Å². The Morgan fingerprint density at radius 3 is 2.54 bits per heavy atom. The molecule has 3 heteroatoms. The monoisotopic (exact) mass is 188 g/mol. The lowest BCUT2D eigenvalue weighted by atomic mass is 9.97. The fraction of sp³-hybridized carbons (Fsp3) is 1.00. The summed E-state index contributed by atoms with van der Waals surface area (Å²) in [5.41, 5.74) is 5.75. The quantitative estimate of drug-likeness (QED) is 0.629. The van der Waals surface area contributed by atoms with E-state index in [0.717, 1.165) is 19.4 Å². The van der Waals surface area contributed by atoms with E-state index in [9.17, 15) is 0 Å². The molecule has 13 heavy (non-hydrogen) atoms. The zero-order valence-electron chi connectivity index (χ0n) is 9.39. The maximum atomic E-state index is 5.73. The van der Waals surface area contributed by atoms with Crippen molar-refractivity contribution >= 4 is 0 Å². The Kier molecular flexibility index (Phi) is 6.29. The fourth-order valence-corrected chi connectivity index (χ4v) is 1.26. The molecule has 0 heterocycles. The maximum Gasteiger partial charge on any atom is 0.0480 e. The van der Waals surface area contributed by atoms with E-state index in [2.05, 4.69) is 26.1 Å². The first-order valence-electron chi connectivity index (χ1n) is 5.04. The minimum Gasteiger partial charge on any atom is -0.385 e. The minimum absolute atomic E-state index is 0.0193. The molecule has 0 aliphatic carbocycles. The van der Waals surface area contributed by atoms with Crippen molar-refractivity contribution in [3.8, 4) is 0 Å². The third-order valence-electron chi connectivity index (χ3n) is 2.52. The number of rotatable bonds is 7. The number of ether oxygens (including phenoxy) is 1. The normalized spacial score (nSPS) is 18.2. The lowest BCUT2D eigenvalue weighted by Crippen LogP contribution is -2.52. The third-order valence-corrected chi connectivity index (χ3v) is 2.52. The summed E-state index contributed by atoms with van der Waals surface area (Å²) in [7, 11) is 1.72. The number of hydrogen-bond acceptors (Lipinski definition) is 3. The van der Waals surface area contributed by atoms with Crippen molar-refractivity contribution in [1.82, 2.24) is 5.32 Å². The molecule has 3 N–H and O–H groups in total. The highest BCUT2D eigenvalue weighted by Crippen LogP contribution is 2.09. The molecule has 80 valence electrons. The molecule has 0 saturated heterocycles. The van der Waals surface area contributed by atoms with Gasteiger partial charge in [-0.25, -0.2) is 0 Å². The van der Waals surface area contributed by atoms with Gasteiger partial charge in [0.15, 0.2) is 0 Å². The molecule has 0 spiro atoms. The number of hydrogen-bond donors (Lipinski definition) is 2. The fourth-order valence-electron chi connectivity index (χ4n) is 1.26. The minimum atomic E-state index is 0.0193. The summed E-state index contributed by atoms with van der Waals surface area (Å²) in [6, 6.07) is 0.519. The summed E-state index contributed by atoms with van der Waals surface area (Å²) in [5, 5.41) is 3.52. The van der Waals surface area contributed by atoms with E-state index < -0.39 is 0 Å². The number of nitrogens with two attached hydrogens (primary N) is 1. The van der Waals surface area contributed by atoms with Crippen molar-refractivity contribution in [3.05, 3.63) is 0 Å². The summed E-state index contributed by atoms with van der Waals surface area (Å²) in [6.07, 6.45) is 2.09. The van der Waals surface area contributed by atoms with Crippen LogP contribution in [0.1, 0.15) is 33.6 Å². The molecule has 0 aliphatic rings. The molecule has 0 aromatic rings. The number of nitrogens with one attached hydrogen (secondary N) is 1. The molecule has 2 unspecified atom stereocenters. The van der Waals surface area contributed by atoms with Crippen molar-refractivity contribution in [2.45, 2.75) is 45.2 Å². The summed E-state index contributed by atoms with van der Waals surface area (Å²) in [4.78, 5) is 0. The van der Waals surface area contributed by atoms with E-state index in [0.29, 0.717) is 12.6 Å². The van der Waals surface area contributed by atoms with Crippen LogP contribution in [-0.2, 0) is 4.74 Å². The zero-order chi connectivity index (χ0) is 10.3. The second-order valence-electron chi connectivity index (χ2n) is 3.96. The van der Waals surface area contributed by atoms with E-state index in [1.54, 1.807) is 7.11 Å². The highest BCUT2D eigenvalue weighted by molar-refractivity contribution is 4.86. The van der Waals surface area contributed by atoms with Gasteiger partial charge >= 0.3 is 0 Å². The van der Waals surface area contributed by atoms with Gasteiger partial charge in [-0.05, 0) is 26.7 Å². The summed E-state index contributed by atoms with van der Waals surface area (Å²) < 4.78 is 5.06. The van der Waals surface area contributed by atoms with Gasteiger partial charge < -0.3 is 15.8 Å². The molecule has 0 amide bonds. The Bertz CT molecular complexity index is 130. The van der Waals surface area contributed by atoms with Crippen molar-refractivity contribution in [3.63, 3.8) is 0 Å². The predicted molar refractivity (Wildman–Crippen MR) is 56.8 cm³/mol. The van der Waals surface area contributed by atoms with Gasteiger partial charge in [-0.2, -0.15) is 0 Å². The van der Waals surface area contributed by atoms with Gasteiger partial charge in [0.05, 0.1) is 0 Å². The van der Waals surface area contributed by atoms with Crippen molar-refractivity contribution in [2.75, 3.05) is 20.3 Å². The Labute approximate surface area is 82.0 Å². The van der Waals surface area contributed by atoms with Crippen LogP contribution in [-0.4, -0.2) is 31.8 Å². The van der Waals surface area contributed by atoms with Gasteiger partial charge in [0, 0.05) is 31.8 Å². The molecule has 0 saturated carbocycles. The second-order valence-corrected chi connectivity index (χ2v) is 3.96. The summed E-state index contributed by atoms with van der Waals surface area (Å²) >= 11 is 0. The van der Waals surface area contributed by atoms with Crippen LogP contribution in [0.4, 0.5) is 0 Å². The summed E-state index contributed by atoms with van der Waals surface area (Å²) in [5.74, 6) is 0. The average Bonchev–Trinajstić information content (AvgIpc) is 2.14. The number of methoxy groups -OCH3 is 1. The first kappa shape index (κ1) is 12.9. The predicted octanol–water partition coefficient (Wildman–Crippen LogP) is 1.13. The SMILES string of the molecule is CCC(C)NC(C)(CN)CCOC. The van der Waals surface area contributed by atoms with E-state index in [1.165, 1.54) is 0 Å². The largest absolute Gasteiger partial charge is 0.385 e. The molecule has 0 aromatic heterocycles. The van der Waals surface area contributed by atoms with Crippen LogP contribution in [0.15, 0.2) is 0 Å². The topological polar surface area (TPSA) is 47.3 Å². The first-order chi connectivity index (χ1) is 6.08. The molecule has 0 radical (unpaired) electrons. The molecule has 2 atom stereocenters. The molecular weight excluding hydrogens is 164 g/mol. The lowest BCUT2D eigenvalue weighted by Gasteiger charge is -2.32. The Balaban J connectivity index is 3.94. The van der Waals surface area contributed by atoms with E-state index in [1.807, 2.05) is 0 Å². The van der Waals surface area contributed by atoms with E-state index in [-0.39, 0.29) is 5.54 Å². The van der Waals surface area contributed by atoms with Gasteiger partial charge in [-0.1, -0.05) is 6.92 Å². The van der Waals surface area contributed by atoms with Gasteiger partial charge in [-0.3, -0.25) is 0 Å². The maximum absolute atomic E-state index is 5.73. The van der Waals surface area contributed by atoms with Gasteiger partial charge in [0.1, 0.15) is 0 Å². The van der Waals surface area contributed by atoms with Crippen LogP contribution < -0.4 is 11.1 Å². The molecule has 0 bridgehead atoms. The third kappa shape index (κ3) is 5.24. The van der Waals surface area contributed by atoms with Gasteiger partial charge in [-0.15, -0.1) is 0 Å². The average molecular weight is 188 g/mol. The highest BCUT2D eigenvalue weighted by atomic mass is 16.5. The molecule has 0 aliphatic heterocycles. The molecule has 3 nitrogen and oxygen atoms in total. The Hall–Kier alpha value is -0.120. The Morgan fingerprint density at radius 1 is 1.54 bits per heavy atom. The van der Waals surface area contributed by atoms with Crippen LogP contribution in [0.3, 0.4) is 0 Å². The first-order valence-corrected chi connectivity index (χ1v) is 5.04. The molecule has 0 rings (SSSR count).